The predicted molar refractivity (Wildman–Crippen MR) is 80.1 cm³/mol. The number of piperazine rings is 1. The number of sulfonamides is 1. The van der Waals surface area contributed by atoms with E-state index >= 15 is 0 Å². The average Bonchev–Trinajstić information content (AvgIpc) is 2.46. The molecule has 0 radical (unpaired) electrons. The van der Waals surface area contributed by atoms with E-state index in [-0.39, 0.29) is 0 Å². The van der Waals surface area contributed by atoms with Gasteiger partial charge in [0.15, 0.2) is 0 Å². The summed E-state index contributed by atoms with van der Waals surface area (Å²) < 4.78 is 27.1. The van der Waals surface area contributed by atoms with Gasteiger partial charge >= 0.3 is 0 Å². The van der Waals surface area contributed by atoms with Gasteiger partial charge in [-0.05, 0) is 25.2 Å². The second-order valence-electron chi connectivity index (χ2n) is 5.10. The zero-order chi connectivity index (χ0) is 14.6. The van der Waals surface area contributed by atoms with Crippen LogP contribution in [-0.2, 0) is 16.6 Å². The van der Waals surface area contributed by atoms with Crippen molar-refractivity contribution in [3.05, 3.63) is 29.8 Å². The van der Waals surface area contributed by atoms with Crippen LogP contribution in [0.25, 0.3) is 0 Å². The number of nitrogens with one attached hydrogen (secondary N) is 1. The maximum absolute atomic E-state index is 12.8. The van der Waals surface area contributed by atoms with Gasteiger partial charge in [0, 0.05) is 32.7 Å². The summed E-state index contributed by atoms with van der Waals surface area (Å²) >= 11 is 0. The van der Waals surface area contributed by atoms with Crippen molar-refractivity contribution < 1.29 is 8.42 Å². The van der Waals surface area contributed by atoms with Crippen LogP contribution in [0, 0.1) is 0 Å². The quantitative estimate of drug-likeness (QED) is 0.871. The molecular weight excluding hydrogens is 274 g/mol. The van der Waals surface area contributed by atoms with Crippen molar-refractivity contribution >= 4 is 10.0 Å². The number of nitrogens with zero attached hydrogens (tertiary/aromatic N) is 2. The molecule has 1 aliphatic rings. The standard InChI is InChI=1S/C14H23N3O2S/c1-3-15-12-13-6-4-5-7-14(13)20(18,19)17-10-8-16(2)9-11-17/h4-7,15H,3,8-12H2,1-2H3. The molecule has 6 heteroatoms. The Balaban J connectivity index is 2.25. The molecule has 2 rings (SSSR count). The molecule has 1 fully saturated rings. The number of likely N-dealkylation sites (N-methyl/N-ethyl adjacent to an activating group) is 1. The van der Waals surface area contributed by atoms with Gasteiger partial charge in [0.2, 0.25) is 10.0 Å². The van der Waals surface area contributed by atoms with Crippen molar-refractivity contribution in [2.75, 3.05) is 39.8 Å². The minimum Gasteiger partial charge on any atom is -0.313 e. The topological polar surface area (TPSA) is 52.7 Å². The van der Waals surface area contributed by atoms with E-state index in [9.17, 15) is 8.42 Å². The molecule has 20 heavy (non-hydrogen) atoms. The lowest BCUT2D eigenvalue weighted by molar-refractivity contribution is 0.222. The fraction of sp³-hybridized carbons (Fsp3) is 0.571. The molecule has 0 unspecified atom stereocenters. The Labute approximate surface area is 121 Å². The minimum atomic E-state index is -3.38. The Morgan fingerprint density at radius 2 is 1.80 bits per heavy atom. The van der Waals surface area contributed by atoms with Crippen LogP contribution in [-0.4, -0.2) is 57.4 Å². The van der Waals surface area contributed by atoms with Crippen molar-refractivity contribution in [3.63, 3.8) is 0 Å². The zero-order valence-corrected chi connectivity index (χ0v) is 13.0. The average molecular weight is 297 g/mol. The fourth-order valence-corrected chi connectivity index (χ4v) is 3.97. The van der Waals surface area contributed by atoms with Crippen LogP contribution >= 0.6 is 0 Å². The molecule has 0 atom stereocenters. The molecule has 0 bridgehead atoms. The van der Waals surface area contributed by atoms with Crippen molar-refractivity contribution in [2.24, 2.45) is 0 Å². The van der Waals surface area contributed by atoms with Crippen molar-refractivity contribution in [3.8, 4) is 0 Å². The highest BCUT2D eigenvalue weighted by Gasteiger charge is 2.28. The SMILES string of the molecule is CCNCc1ccccc1S(=O)(=O)N1CCN(C)CC1. The molecule has 1 aliphatic heterocycles. The lowest BCUT2D eigenvalue weighted by atomic mass is 10.2. The Kier molecular flexibility index (Phi) is 5.15. The maximum atomic E-state index is 12.8. The first kappa shape index (κ1) is 15.4. The van der Waals surface area contributed by atoms with Crippen molar-refractivity contribution in [1.82, 2.24) is 14.5 Å². The molecule has 1 aromatic carbocycles. The van der Waals surface area contributed by atoms with Gasteiger partial charge in [-0.25, -0.2) is 8.42 Å². The highest BCUT2D eigenvalue weighted by molar-refractivity contribution is 7.89. The summed E-state index contributed by atoms with van der Waals surface area (Å²) in [7, 11) is -1.36. The summed E-state index contributed by atoms with van der Waals surface area (Å²) in [6.45, 7) is 6.12. The van der Waals surface area contributed by atoms with E-state index in [4.69, 9.17) is 0 Å². The second kappa shape index (κ2) is 6.67. The van der Waals surface area contributed by atoms with Crippen LogP contribution in [0.2, 0.25) is 0 Å². The van der Waals surface area contributed by atoms with E-state index in [1.54, 1.807) is 16.4 Å². The third-order valence-corrected chi connectivity index (χ3v) is 5.62. The summed E-state index contributed by atoms with van der Waals surface area (Å²) in [6.07, 6.45) is 0. The van der Waals surface area contributed by atoms with Gasteiger partial charge < -0.3 is 10.2 Å². The Morgan fingerprint density at radius 3 is 2.45 bits per heavy atom. The zero-order valence-electron chi connectivity index (χ0n) is 12.2. The summed E-state index contributed by atoms with van der Waals surface area (Å²) in [4.78, 5) is 2.59. The van der Waals surface area contributed by atoms with Crippen LogP contribution in [0.15, 0.2) is 29.2 Å². The minimum absolute atomic E-state index is 0.436. The molecular formula is C14H23N3O2S. The monoisotopic (exact) mass is 297 g/mol. The van der Waals surface area contributed by atoms with Crippen LogP contribution in [0.3, 0.4) is 0 Å². The molecule has 0 amide bonds. The van der Waals surface area contributed by atoms with Gasteiger partial charge in [-0.3, -0.25) is 0 Å². The van der Waals surface area contributed by atoms with E-state index in [0.29, 0.717) is 24.5 Å². The van der Waals surface area contributed by atoms with Crippen molar-refractivity contribution in [2.45, 2.75) is 18.4 Å². The number of benzene rings is 1. The van der Waals surface area contributed by atoms with Gasteiger partial charge in [-0.2, -0.15) is 4.31 Å². The maximum Gasteiger partial charge on any atom is 0.243 e. The molecule has 0 aliphatic carbocycles. The molecule has 0 spiro atoms. The normalized spacial score (nSPS) is 18.3. The molecule has 1 saturated heterocycles. The first-order chi connectivity index (χ1) is 9.55. The lowest BCUT2D eigenvalue weighted by Gasteiger charge is -2.32. The Hall–Kier alpha value is -0.950. The Bertz CT molecular complexity index is 537. The number of hydrogen-bond acceptors (Lipinski definition) is 4. The van der Waals surface area contributed by atoms with E-state index < -0.39 is 10.0 Å². The second-order valence-corrected chi connectivity index (χ2v) is 7.00. The summed E-state index contributed by atoms with van der Waals surface area (Å²) in [5, 5.41) is 3.20. The third-order valence-electron chi connectivity index (χ3n) is 3.62. The first-order valence-electron chi connectivity index (χ1n) is 7.03. The smallest absolute Gasteiger partial charge is 0.243 e. The number of rotatable bonds is 5. The van der Waals surface area contributed by atoms with Gasteiger partial charge in [-0.15, -0.1) is 0 Å². The van der Waals surface area contributed by atoms with Crippen LogP contribution in [0.1, 0.15) is 12.5 Å². The predicted octanol–water partition coefficient (Wildman–Crippen LogP) is 0.732. The summed E-state index contributed by atoms with van der Waals surface area (Å²) in [5.41, 5.74) is 0.841. The summed E-state index contributed by atoms with van der Waals surface area (Å²) in [6, 6.07) is 7.26. The van der Waals surface area contributed by atoms with Gasteiger partial charge in [0.05, 0.1) is 4.90 Å². The summed E-state index contributed by atoms with van der Waals surface area (Å²) in [5.74, 6) is 0. The van der Waals surface area contributed by atoms with Gasteiger partial charge in [-0.1, -0.05) is 25.1 Å². The molecule has 1 heterocycles. The number of hydrogen-bond donors (Lipinski definition) is 1. The van der Waals surface area contributed by atoms with Crippen LogP contribution in [0.4, 0.5) is 0 Å². The molecule has 1 N–H and O–H groups in total. The van der Waals surface area contributed by atoms with Gasteiger partial charge in [0.1, 0.15) is 0 Å². The molecule has 0 saturated carbocycles. The van der Waals surface area contributed by atoms with E-state index in [1.807, 2.05) is 26.1 Å². The van der Waals surface area contributed by atoms with E-state index in [2.05, 4.69) is 10.2 Å². The van der Waals surface area contributed by atoms with E-state index in [1.165, 1.54) is 0 Å². The van der Waals surface area contributed by atoms with Crippen molar-refractivity contribution in [1.29, 1.82) is 0 Å². The third kappa shape index (κ3) is 3.38. The highest BCUT2D eigenvalue weighted by Crippen LogP contribution is 2.21. The lowest BCUT2D eigenvalue weighted by Crippen LogP contribution is -2.47. The fourth-order valence-electron chi connectivity index (χ4n) is 2.33. The van der Waals surface area contributed by atoms with E-state index in [0.717, 1.165) is 25.2 Å². The molecule has 5 nitrogen and oxygen atoms in total. The van der Waals surface area contributed by atoms with Gasteiger partial charge in [0.25, 0.3) is 0 Å². The first-order valence-corrected chi connectivity index (χ1v) is 8.47. The molecule has 1 aromatic rings. The van der Waals surface area contributed by atoms with Crippen LogP contribution < -0.4 is 5.32 Å². The Morgan fingerprint density at radius 1 is 1.15 bits per heavy atom. The molecule has 0 aromatic heterocycles. The highest BCUT2D eigenvalue weighted by atomic mass is 32.2. The van der Waals surface area contributed by atoms with Crippen LogP contribution in [0.5, 0.6) is 0 Å². The molecule has 112 valence electrons. The largest absolute Gasteiger partial charge is 0.313 e.